The minimum absolute atomic E-state index is 0.0276. The van der Waals surface area contributed by atoms with Crippen LogP contribution in [0.5, 0.6) is 5.75 Å². The zero-order chi connectivity index (χ0) is 36.3. The van der Waals surface area contributed by atoms with Gasteiger partial charge in [0.05, 0.1) is 19.6 Å². The Kier molecular flexibility index (Phi) is 12.6. The molecule has 4 aromatic rings. The lowest BCUT2D eigenvalue weighted by Gasteiger charge is -2.25. The van der Waals surface area contributed by atoms with Crippen molar-refractivity contribution in [1.82, 2.24) is 15.6 Å². The predicted octanol–water partition coefficient (Wildman–Crippen LogP) is 5.05. The number of H-pyrrole nitrogens is 1. The van der Waals surface area contributed by atoms with E-state index >= 15 is 8.78 Å². The highest BCUT2D eigenvalue weighted by molar-refractivity contribution is 6.10. The lowest BCUT2D eigenvalue weighted by Crippen LogP contribution is -2.56. The molecule has 3 aromatic carbocycles. The van der Waals surface area contributed by atoms with Gasteiger partial charge < -0.3 is 25.1 Å². The summed E-state index contributed by atoms with van der Waals surface area (Å²) >= 11 is 0. The molecule has 0 saturated heterocycles. The van der Waals surface area contributed by atoms with Crippen LogP contribution in [0.2, 0.25) is 0 Å². The minimum atomic E-state index is -4.46. The van der Waals surface area contributed by atoms with Gasteiger partial charge >= 0.3 is 12.0 Å². The number of nitrogens with one attached hydrogen (secondary N) is 4. The summed E-state index contributed by atoms with van der Waals surface area (Å²) in [5, 5.41) is 6.78. The molecule has 1 aromatic heterocycles. The van der Waals surface area contributed by atoms with Crippen LogP contribution in [0.4, 0.5) is 19.3 Å². The molecule has 0 fully saturated rings. The second kappa shape index (κ2) is 17.0. The van der Waals surface area contributed by atoms with Crippen LogP contribution in [-0.4, -0.2) is 54.3 Å². The number of carbonyl (C=O) groups excluding carboxylic acids is 4. The molecule has 0 bridgehead atoms. The van der Waals surface area contributed by atoms with Gasteiger partial charge in [-0.15, -0.1) is 0 Å². The van der Waals surface area contributed by atoms with Crippen molar-refractivity contribution >= 4 is 29.4 Å². The molecule has 50 heavy (non-hydrogen) atoms. The fourth-order valence-corrected chi connectivity index (χ4v) is 4.99. The van der Waals surface area contributed by atoms with Crippen molar-refractivity contribution in [2.24, 2.45) is 5.92 Å². The van der Waals surface area contributed by atoms with E-state index in [0.717, 1.165) is 5.56 Å². The van der Waals surface area contributed by atoms with E-state index in [2.05, 4.69) is 20.9 Å². The maximum Gasteiger partial charge on any atom is 0.412 e. The number of rotatable bonds is 15. The zero-order valence-corrected chi connectivity index (χ0v) is 27.8. The first kappa shape index (κ1) is 37.0. The fourth-order valence-electron chi connectivity index (χ4n) is 4.99. The molecule has 0 saturated carbocycles. The van der Waals surface area contributed by atoms with Crippen LogP contribution in [0.3, 0.4) is 0 Å². The van der Waals surface area contributed by atoms with E-state index < -0.39 is 53.6 Å². The molecule has 4 N–H and O–H groups in total. The van der Waals surface area contributed by atoms with Crippen molar-refractivity contribution in [3.63, 3.8) is 0 Å². The van der Waals surface area contributed by atoms with Crippen LogP contribution in [-0.2, 0) is 38.6 Å². The van der Waals surface area contributed by atoms with Gasteiger partial charge in [0.15, 0.2) is 0 Å². The fraction of sp³-hybridized carbons (Fsp3) is 0.270. The Balaban J connectivity index is 1.48. The molecule has 0 aliphatic rings. The number of methoxy groups -OCH3 is 1. The Bertz CT molecular complexity index is 1850. The third-order valence-electron chi connectivity index (χ3n) is 7.71. The predicted molar refractivity (Wildman–Crippen MR) is 183 cm³/mol. The average molecular weight is 689 g/mol. The van der Waals surface area contributed by atoms with Crippen LogP contribution in [0.15, 0.2) is 95.8 Å². The largest absolute Gasteiger partial charge is 0.497 e. The minimum Gasteiger partial charge on any atom is -0.497 e. The van der Waals surface area contributed by atoms with Gasteiger partial charge in [0.1, 0.15) is 18.0 Å². The second-order valence-corrected chi connectivity index (χ2v) is 11.7. The van der Waals surface area contributed by atoms with E-state index in [4.69, 9.17) is 9.47 Å². The molecule has 0 aliphatic heterocycles. The van der Waals surface area contributed by atoms with Crippen molar-refractivity contribution in [1.29, 1.82) is 0 Å². The molecule has 1 heterocycles. The standard InChI is InChI=1S/C37H38F2N4O7/c1-23(2)31(33(45)37(38,39)35(47)40-19-18-24-14-16-28(49-3)17-15-24)42-30(44)21-27-20-29(26-12-8-5-9-13-26)41-34(46)32(27)43-36(48)50-22-25-10-6-4-7-11-25/h4-17,20,23,31H,18-19,21-22H2,1-3H3,(H,40,47)(H,41,46)(H,42,44)(H,43,48). The van der Waals surface area contributed by atoms with E-state index in [1.165, 1.54) is 27.0 Å². The molecule has 1 unspecified atom stereocenters. The third kappa shape index (κ3) is 9.84. The van der Waals surface area contributed by atoms with Crippen LogP contribution >= 0.6 is 0 Å². The number of aromatic amines is 1. The number of benzene rings is 3. The Morgan fingerprint density at radius 1 is 0.880 bits per heavy atom. The molecule has 262 valence electrons. The van der Waals surface area contributed by atoms with Gasteiger partial charge in [0.25, 0.3) is 11.5 Å². The summed E-state index contributed by atoms with van der Waals surface area (Å²) in [5.41, 5.74) is 1.34. The quantitative estimate of drug-likeness (QED) is 0.128. The number of hydrogen-bond acceptors (Lipinski definition) is 7. The monoisotopic (exact) mass is 688 g/mol. The number of Topliss-reactive ketones (excluding diaryl/α,β-unsaturated/α-hetero) is 1. The Morgan fingerprint density at radius 3 is 2.14 bits per heavy atom. The molecule has 11 nitrogen and oxygen atoms in total. The van der Waals surface area contributed by atoms with Gasteiger partial charge in [-0.05, 0) is 52.8 Å². The van der Waals surface area contributed by atoms with Gasteiger partial charge in [0, 0.05) is 12.2 Å². The van der Waals surface area contributed by atoms with E-state index in [1.54, 1.807) is 84.9 Å². The first-order chi connectivity index (χ1) is 23.9. The lowest BCUT2D eigenvalue weighted by molar-refractivity contribution is -0.161. The number of pyridine rings is 1. The highest BCUT2D eigenvalue weighted by Gasteiger charge is 2.51. The van der Waals surface area contributed by atoms with Crippen molar-refractivity contribution in [2.75, 3.05) is 19.0 Å². The molecule has 1 atom stereocenters. The van der Waals surface area contributed by atoms with E-state index in [1.807, 2.05) is 0 Å². The van der Waals surface area contributed by atoms with Crippen LogP contribution in [0.25, 0.3) is 11.3 Å². The second-order valence-electron chi connectivity index (χ2n) is 11.7. The number of amides is 3. The smallest absolute Gasteiger partial charge is 0.412 e. The zero-order valence-electron chi connectivity index (χ0n) is 27.8. The van der Waals surface area contributed by atoms with Gasteiger partial charge in [-0.1, -0.05) is 86.6 Å². The molecule has 4 rings (SSSR count). The Morgan fingerprint density at radius 2 is 1.52 bits per heavy atom. The summed E-state index contributed by atoms with van der Waals surface area (Å²) in [7, 11) is 1.51. The van der Waals surface area contributed by atoms with Gasteiger partial charge in [-0.3, -0.25) is 24.5 Å². The van der Waals surface area contributed by atoms with Crippen LogP contribution in [0.1, 0.15) is 30.5 Å². The number of carbonyl (C=O) groups is 4. The lowest BCUT2D eigenvalue weighted by atomic mass is 9.94. The maximum atomic E-state index is 15.2. The summed E-state index contributed by atoms with van der Waals surface area (Å²) in [6.45, 7) is 2.63. The third-order valence-corrected chi connectivity index (χ3v) is 7.71. The van der Waals surface area contributed by atoms with Crippen LogP contribution < -0.4 is 26.2 Å². The number of halogens is 2. The molecule has 3 amide bonds. The van der Waals surface area contributed by atoms with E-state index in [0.29, 0.717) is 22.6 Å². The molecule has 0 radical (unpaired) electrons. The van der Waals surface area contributed by atoms with E-state index in [9.17, 15) is 24.0 Å². The Labute approximate surface area is 287 Å². The average Bonchev–Trinajstić information content (AvgIpc) is 3.11. The van der Waals surface area contributed by atoms with Crippen molar-refractivity contribution in [2.45, 2.75) is 45.3 Å². The summed E-state index contributed by atoms with van der Waals surface area (Å²) in [4.78, 5) is 67.5. The van der Waals surface area contributed by atoms with Crippen molar-refractivity contribution in [3.8, 4) is 17.0 Å². The van der Waals surface area contributed by atoms with Gasteiger partial charge in [-0.2, -0.15) is 8.78 Å². The number of ketones is 1. The van der Waals surface area contributed by atoms with Crippen molar-refractivity contribution in [3.05, 3.63) is 118 Å². The summed E-state index contributed by atoms with van der Waals surface area (Å²) < 4.78 is 40.7. The number of ether oxygens (including phenoxy) is 2. The summed E-state index contributed by atoms with van der Waals surface area (Å²) in [5.74, 6) is -9.17. The normalized spacial score (nSPS) is 11.7. The molecular formula is C37H38F2N4O7. The highest BCUT2D eigenvalue weighted by atomic mass is 19.3. The SMILES string of the molecule is COc1ccc(CCNC(=O)C(F)(F)C(=O)C(NC(=O)Cc2cc(-c3ccccc3)[nH]c(=O)c2NC(=O)OCc2ccccc2)C(C)C)cc1. The van der Waals surface area contributed by atoms with E-state index in [-0.39, 0.29) is 30.8 Å². The first-order valence-corrected chi connectivity index (χ1v) is 15.8. The first-order valence-electron chi connectivity index (χ1n) is 15.8. The number of alkyl halides is 2. The molecule has 0 aliphatic carbocycles. The number of anilines is 1. The number of aromatic nitrogens is 1. The maximum absolute atomic E-state index is 15.2. The molecule has 13 heteroatoms. The molecule has 0 spiro atoms. The highest BCUT2D eigenvalue weighted by Crippen LogP contribution is 2.23. The summed E-state index contributed by atoms with van der Waals surface area (Å²) in [6, 6.07) is 24.0. The van der Waals surface area contributed by atoms with Gasteiger partial charge in [0.2, 0.25) is 11.7 Å². The molecular weight excluding hydrogens is 650 g/mol. The number of hydrogen-bond donors (Lipinski definition) is 4. The van der Waals surface area contributed by atoms with Crippen molar-refractivity contribution < 1.29 is 37.4 Å². The topological polar surface area (TPSA) is 156 Å². The van der Waals surface area contributed by atoms with Gasteiger partial charge in [-0.25, -0.2) is 4.79 Å². The summed E-state index contributed by atoms with van der Waals surface area (Å²) in [6.07, 6.45) is -1.34. The van der Waals surface area contributed by atoms with Crippen LogP contribution in [0, 0.1) is 5.92 Å². The Hall–Kier alpha value is -5.85.